The molecule has 0 aliphatic carbocycles. The highest BCUT2D eigenvalue weighted by atomic mass is 15.2. The Bertz CT molecular complexity index is 358. The monoisotopic (exact) mass is 232 g/mol. The molecule has 0 amide bonds. The van der Waals surface area contributed by atoms with E-state index in [-0.39, 0.29) is 0 Å². The molecule has 1 aromatic rings. The Labute approximate surface area is 105 Å². The quantitative estimate of drug-likeness (QED) is 0.849. The Balaban J connectivity index is 2.05. The van der Waals surface area contributed by atoms with Crippen molar-refractivity contribution in [2.45, 2.75) is 39.3 Å². The summed E-state index contributed by atoms with van der Waals surface area (Å²) in [7, 11) is 0. The van der Waals surface area contributed by atoms with Gasteiger partial charge in [0.25, 0.3) is 0 Å². The van der Waals surface area contributed by atoms with Gasteiger partial charge in [0.15, 0.2) is 0 Å². The van der Waals surface area contributed by atoms with Crippen LogP contribution in [0.15, 0.2) is 24.3 Å². The summed E-state index contributed by atoms with van der Waals surface area (Å²) in [5.41, 5.74) is 8.82. The molecule has 0 radical (unpaired) electrons. The molecule has 94 valence electrons. The van der Waals surface area contributed by atoms with Crippen LogP contribution in [0.3, 0.4) is 0 Å². The molecule has 2 rings (SSSR count). The number of nitrogens with zero attached hydrogens (tertiary/aromatic N) is 1. The normalized spacial score (nSPS) is 28.0. The first kappa shape index (κ1) is 12.6. The summed E-state index contributed by atoms with van der Waals surface area (Å²) in [6.45, 7) is 8.94. The predicted octanol–water partition coefficient (Wildman–Crippen LogP) is 2.73. The Morgan fingerprint density at radius 2 is 1.94 bits per heavy atom. The number of nitrogens with two attached hydrogens (primary N) is 1. The van der Waals surface area contributed by atoms with E-state index in [2.05, 4.69) is 49.9 Å². The molecule has 3 atom stereocenters. The van der Waals surface area contributed by atoms with Gasteiger partial charge in [0.2, 0.25) is 0 Å². The zero-order valence-electron chi connectivity index (χ0n) is 11.2. The molecule has 17 heavy (non-hydrogen) atoms. The molecule has 2 nitrogen and oxygen atoms in total. The van der Waals surface area contributed by atoms with Crippen LogP contribution in [0.5, 0.6) is 0 Å². The fraction of sp³-hybridized carbons (Fsp3) is 0.600. The first-order chi connectivity index (χ1) is 8.08. The lowest BCUT2D eigenvalue weighted by molar-refractivity contribution is 0.124. The average Bonchev–Trinajstić information content (AvgIpc) is 2.33. The number of likely N-dealkylation sites (tertiary alicyclic amines) is 1. The first-order valence-electron chi connectivity index (χ1n) is 6.64. The third-order valence-corrected chi connectivity index (χ3v) is 4.11. The molecule has 2 N–H and O–H groups in total. The van der Waals surface area contributed by atoms with Gasteiger partial charge in [-0.15, -0.1) is 0 Å². The van der Waals surface area contributed by atoms with Crippen molar-refractivity contribution in [3.63, 3.8) is 0 Å². The van der Waals surface area contributed by atoms with Crippen LogP contribution in [0.1, 0.15) is 37.4 Å². The van der Waals surface area contributed by atoms with Crippen molar-refractivity contribution in [2.75, 3.05) is 13.1 Å². The fourth-order valence-electron chi connectivity index (χ4n) is 2.60. The minimum atomic E-state index is 0.386. The van der Waals surface area contributed by atoms with Crippen LogP contribution in [-0.2, 0) is 0 Å². The van der Waals surface area contributed by atoms with E-state index < -0.39 is 0 Å². The fourth-order valence-corrected chi connectivity index (χ4v) is 2.60. The van der Waals surface area contributed by atoms with Crippen molar-refractivity contribution in [3.05, 3.63) is 35.4 Å². The number of benzene rings is 1. The molecule has 0 aromatic heterocycles. The van der Waals surface area contributed by atoms with Gasteiger partial charge in [-0.25, -0.2) is 0 Å². The van der Waals surface area contributed by atoms with Crippen molar-refractivity contribution < 1.29 is 0 Å². The number of aryl methyl sites for hydroxylation is 1. The van der Waals surface area contributed by atoms with Crippen LogP contribution in [-0.4, -0.2) is 24.0 Å². The van der Waals surface area contributed by atoms with E-state index in [9.17, 15) is 0 Å². The standard InChI is InChI=1S/C15H24N2/c1-11-4-6-14(7-5-11)13(3)17-9-8-15(16)12(2)10-17/h4-7,12-13,15H,8-10,16H2,1-3H3. The summed E-state index contributed by atoms with van der Waals surface area (Å²) in [6.07, 6.45) is 1.12. The molecule has 0 bridgehead atoms. The van der Waals surface area contributed by atoms with Gasteiger partial charge in [0, 0.05) is 25.2 Å². The number of hydrogen-bond acceptors (Lipinski definition) is 2. The van der Waals surface area contributed by atoms with Gasteiger partial charge >= 0.3 is 0 Å². The summed E-state index contributed by atoms with van der Waals surface area (Å²) in [4.78, 5) is 2.55. The summed E-state index contributed by atoms with van der Waals surface area (Å²) >= 11 is 0. The van der Waals surface area contributed by atoms with Crippen LogP contribution in [0.4, 0.5) is 0 Å². The summed E-state index contributed by atoms with van der Waals surface area (Å²) in [5.74, 6) is 0.608. The van der Waals surface area contributed by atoms with Gasteiger partial charge in [-0.05, 0) is 31.7 Å². The third kappa shape index (κ3) is 2.88. The lowest BCUT2D eigenvalue weighted by atomic mass is 9.92. The SMILES string of the molecule is Cc1ccc(C(C)N2CCC(N)C(C)C2)cc1. The molecule has 3 unspecified atom stereocenters. The first-order valence-corrected chi connectivity index (χ1v) is 6.64. The summed E-state index contributed by atoms with van der Waals surface area (Å²) in [6, 6.07) is 9.79. The second kappa shape index (κ2) is 5.19. The lowest BCUT2D eigenvalue weighted by Crippen LogP contribution is -2.46. The smallest absolute Gasteiger partial charge is 0.0320 e. The minimum Gasteiger partial charge on any atom is -0.327 e. The highest BCUT2D eigenvalue weighted by molar-refractivity contribution is 5.23. The van der Waals surface area contributed by atoms with Gasteiger partial charge in [0.1, 0.15) is 0 Å². The topological polar surface area (TPSA) is 29.3 Å². The second-order valence-electron chi connectivity index (χ2n) is 5.51. The van der Waals surface area contributed by atoms with Gasteiger partial charge in [-0.1, -0.05) is 36.8 Å². The zero-order valence-corrected chi connectivity index (χ0v) is 11.2. The maximum atomic E-state index is 6.07. The molecule has 1 heterocycles. The maximum Gasteiger partial charge on any atom is 0.0320 e. The highest BCUT2D eigenvalue weighted by Gasteiger charge is 2.26. The summed E-state index contributed by atoms with van der Waals surface area (Å²) < 4.78 is 0. The molecule has 1 aliphatic heterocycles. The number of hydrogen-bond donors (Lipinski definition) is 1. The van der Waals surface area contributed by atoms with Crippen molar-refractivity contribution in [2.24, 2.45) is 11.7 Å². The Kier molecular flexibility index (Phi) is 3.85. The largest absolute Gasteiger partial charge is 0.327 e. The molecule has 2 heteroatoms. The van der Waals surface area contributed by atoms with Crippen LogP contribution in [0.2, 0.25) is 0 Å². The highest BCUT2D eigenvalue weighted by Crippen LogP contribution is 2.26. The Morgan fingerprint density at radius 1 is 1.29 bits per heavy atom. The van der Waals surface area contributed by atoms with Crippen LogP contribution in [0.25, 0.3) is 0 Å². The predicted molar refractivity (Wildman–Crippen MR) is 72.9 cm³/mol. The average molecular weight is 232 g/mol. The number of piperidine rings is 1. The molecule has 1 saturated heterocycles. The minimum absolute atomic E-state index is 0.386. The molecule has 1 aromatic carbocycles. The van der Waals surface area contributed by atoms with Crippen molar-refractivity contribution in [3.8, 4) is 0 Å². The van der Waals surface area contributed by atoms with E-state index in [1.165, 1.54) is 11.1 Å². The molecule has 0 saturated carbocycles. The molecule has 1 fully saturated rings. The van der Waals surface area contributed by atoms with E-state index in [0.29, 0.717) is 18.0 Å². The van der Waals surface area contributed by atoms with E-state index in [1.807, 2.05) is 0 Å². The van der Waals surface area contributed by atoms with Crippen molar-refractivity contribution in [1.29, 1.82) is 0 Å². The van der Waals surface area contributed by atoms with E-state index >= 15 is 0 Å². The number of rotatable bonds is 2. The van der Waals surface area contributed by atoms with Gasteiger partial charge in [-0.2, -0.15) is 0 Å². The van der Waals surface area contributed by atoms with Crippen LogP contribution >= 0.6 is 0 Å². The van der Waals surface area contributed by atoms with E-state index in [0.717, 1.165) is 19.5 Å². The van der Waals surface area contributed by atoms with Gasteiger partial charge < -0.3 is 5.73 Å². The molecule has 1 aliphatic rings. The summed E-state index contributed by atoms with van der Waals surface area (Å²) in [5, 5.41) is 0. The lowest BCUT2D eigenvalue weighted by Gasteiger charge is -2.38. The van der Waals surface area contributed by atoms with Crippen molar-refractivity contribution in [1.82, 2.24) is 4.90 Å². The third-order valence-electron chi connectivity index (χ3n) is 4.11. The molecular weight excluding hydrogens is 208 g/mol. The van der Waals surface area contributed by atoms with Gasteiger partial charge in [-0.3, -0.25) is 4.90 Å². The Hall–Kier alpha value is -0.860. The zero-order chi connectivity index (χ0) is 12.4. The van der Waals surface area contributed by atoms with E-state index in [1.54, 1.807) is 0 Å². The maximum absolute atomic E-state index is 6.07. The second-order valence-corrected chi connectivity index (χ2v) is 5.51. The van der Waals surface area contributed by atoms with Crippen LogP contribution < -0.4 is 5.73 Å². The van der Waals surface area contributed by atoms with Crippen molar-refractivity contribution >= 4 is 0 Å². The molecular formula is C15H24N2. The Morgan fingerprint density at radius 3 is 2.53 bits per heavy atom. The molecule has 0 spiro atoms. The van der Waals surface area contributed by atoms with Gasteiger partial charge in [0.05, 0.1) is 0 Å². The van der Waals surface area contributed by atoms with E-state index in [4.69, 9.17) is 5.73 Å². The van der Waals surface area contributed by atoms with Crippen LogP contribution in [0, 0.1) is 12.8 Å².